The second kappa shape index (κ2) is 7.16. The second-order valence-corrected chi connectivity index (χ2v) is 6.92. The van der Waals surface area contributed by atoms with E-state index in [4.69, 9.17) is 0 Å². The average molecular weight is 348 g/mol. The van der Waals surface area contributed by atoms with Gasteiger partial charge in [-0.1, -0.05) is 18.2 Å². The highest BCUT2D eigenvalue weighted by molar-refractivity contribution is 5.94. The lowest BCUT2D eigenvalue weighted by atomic mass is 10.0. The maximum atomic E-state index is 12.4. The Morgan fingerprint density at radius 1 is 0.923 bits per heavy atom. The quantitative estimate of drug-likeness (QED) is 0.754. The minimum Gasteiger partial charge on any atom is -0.352 e. The Morgan fingerprint density at radius 2 is 1.62 bits per heavy atom. The number of carbonyl (C=O) groups excluding carboxylic acids is 1. The van der Waals surface area contributed by atoms with E-state index in [0.717, 1.165) is 33.2 Å². The van der Waals surface area contributed by atoms with E-state index >= 15 is 0 Å². The fraction of sp³-hybridized carbons (Fsp3) is 0.273. The van der Waals surface area contributed by atoms with Crippen LogP contribution in [0.5, 0.6) is 0 Å². The number of hydrogen-bond donors (Lipinski definition) is 2. The molecule has 134 valence electrons. The van der Waals surface area contributed by atoms with E-state index in [1.54, 1.807) is 0 Å². The molecule has 4 nitrogen and oxygen atoms in total. The zero-order valence-electron chi connectivity index (χ0n) is 15.7. The van der Waals surface area contributed by atoms with Crippen molar-refractivity contribution in [2.75, 3.05) is 6.54 Å². The Hall–Kier alpha value is -2.88. The van der Waals surface area contributed by atoms with E-state index in [1.165, 1.54) is 0 Å². The highest BCUT2D eigenvalue weighted by atomic mass is 16.1. The minimum atomic E-state index is -0.114. The molecular weight excluding hydrogens is 324 g/mol. The predicted molar refractivity (Wildman–Crippen MR) is 106 cm³/mol. The lowest BCUT2D eigenvalue weighted by Gasteiger charge is -2.09. The van der Waals surface area contributed by atoms with Crippen molar-refractivity contribution in [3.05, 3.63) is 80.1 Å². The van der Waals surface area contributed by atoms with Crippen LogP contribution in [0.3, 0.4) is 0 Å². The van der Waals surface area contributed by atoms with Gasteiger partial charge in [-0.25, -0.2) is 0 Å². The van der Waals surface area contributed by atoms with Gasteiger partial charge in [-0.2, -0.15) is 0 Å². The number of amides is 1. The van der Waals surface area contributed by atoms with E-state index in [2.05, 4.69) is 16.4 Å². The molecular formula is C22H24N2O2. The van der Waals surface area contributed by atoms with Crippen LogP contribution in [0.1, 0.15) is 38.2 Å². The molecule has 1 amide bonds. The van der Waals surface area contributed by atoms with Gasteiger partial charge in [0, 0.05) is 23.1 Å². The van der Waals surface area contributed by atoms with Gasteiger partial charge in [-0.05, 0) is 74.6 Å². The van der Waals surface area contributed by atoms with Gasteiger partial charge < -0.3 is 10.3 Å². The van der Waals surface area contributed by atoms with Gasteiger partial charge in [0.1, 0.15) is 0 Å². The fourth-order valence-corrected chi connectivity index (χ4v) is 3.10. The van der Waals surface area contributed by atoms with Gasteiger partial charge in [0.25, 0.3) is 11.5 Å². The summed E-state index contributed by atoms with van der Waals surface area (Å²) in [6.07, 6.45) is 0.495. The Labute approximate surface area is 153 Å². The summed E-state index contributed by atoms with van der Waals surface area (Å²) in [5.74, 6) is -0.114. The molecule has 1 heterocycles. The largest absolute Gasteiger partial charge is 0.352 e. The number of carbonyl (C=O) groups is 1. The first-order valence-corrected chi connectivity index (χ1v) is 8.84. The van der Waals surface area contributed by atoms with Gasteiger partial charge in [-0.15, -0.1) is 0 Å². The van der Waals surface area contributed by atoms with Crippen LogP contribution in [-0.4, -0.2) is 17.4 Å². The molecule has 0 spiro atoms. The lowest BCUT2D eigenvalue weighted by Crippen LogP contribution is -2.27. The van der Waals surface area contributed by atoms with Gasteiger partial charge in [0.2, 0.25) is 0 Å². The van der Waals surface area contributed by atoms with Crippen LogP contribution in [-0.2, 0) is 6.42 Å². The Morgan fingerprint density at radius 3 is 2.35 bits per heavy atom. The SMILES string of the molecule is Cc1ccc(C(=O)NCCc2cc3c(C)ccc(C)c3[nH]c2=O)cc1C. The summed E-state index contributed by atoms with van der Waals surface area (Å²) in [5, 5.41) is 3.96. The molecule has 1 aromatic heterocycles. The number of aryl methyl sites for hydroxylation is 4. The van der Waals surface area contributed by atoms with Crippen molar-refractivity contribution >= 4 is 16.8 Å². The third-order valence-corrected chi connectivity index (χ3v) is 4.97. The molecule has 0 aliphatic carbocycles. The van der Waals surface area contributed by atoms with Crippen molar-refractivity contribution in [2.24, 2.45) is 0 Å². The molecule has 0 unspecified atom stereocenters. The molecule has 26 heavy (non-hydrogen) atoms. The third-order valence-electron chi connectivity index (χ3n) is 4.97. The van der Waals surface area contributed by atoms with Crippen molar-refractivity contribution in [1.82, 2.24) is 10.3 Å². The van der Waals surface area contributed by atoms with Crippen LogP contribution in [0.15, 0.2) is 41.2 Å². The lowest BCUT2D eigenvalue weighted by molar-refractivity contribution is 0.0954. The van der Waals surface area contributed by atoms with Crippen molar-refractivity contribution in [3.8, 4) is 0 Å². The highest BCUT2D eigenvalue weighted by Gasteiger charge is 2.09. The fourth-order valence-electron chi connectivity index (χ4n) is 3.10. The van der Waals surface area contributed by atoms with Crippen molar-refractivity contribution in [3.63, 3.8) is 0 Å². The van der Waals surface area contributed by atoms with E-state index in [1.807, 2.05) is 58.0 Å². The number of benzene rings is 2. The van der Waals surface area contributed by atoms with E-state index in [9.17, 15) is 9.59 Å². The normalized spacial score (nSPS) is 10.9. The first kappa shape index (κ1) is 17.9. The van der Waals surface area contributed by atoms with Crippen LogP contribution in [0.25, 0.3) is 10.9 Å². The summed E-state index contributed by atoms with van der Waals surface area (Å²) in [6, 6.07) is 11.7. The first-order valence-electron chi connectivity index (χ1n) is 8.84. The molecule has 0 bridgehead atoms. The summed E-state index contributed by atoms with van der Waals surface area (Å²) in [4.78, 5) is 27.6. The minimum absolute atomic E-state index is 0.0911. The van der Waals surface area contributed by atoms with Crippen molar-refractivity contribution in [1.29, 1.82) is 0 Å². The molecule has 2 aromatic carbocycles. The standard InChI is InChI=1S/C22H24N2O2/c1-13-7-8-17(11-16(13)4)21(25)23-10-9-18-12-19-14(2)5-6-15(3)20(19)24-22(18)26/h5-8,11-12H,9-10H2,1-4H3,(H,23,25)(H,24,26). The molecule has 0 saturated carbocycles. The molecule has 4 heteroatoms. The third kappa shape index (κ3) is 3.54. The molecule has 3 rings (SSSR count). The summed E-state index contributed by atoms with van der Waals surface area (Å²) in [7, 11) is 0. The topological polar surface area (TPSA) is 62.0 Å². The Balaban J connectivity index is 1.74. The zero-order valence-corrected chi connectivity index (χ0v) is 15.7. The average Bonchev–Trinajstić information content (AvgIpc) is 2.61. The molecule has 0 atom stereocenters. The molecule has 0 aliphatic heterocycles. The summed E-state index contributed by atoms with van der Waals surface area (Å²) in [5.41, 5.74) is 6.56. The molecule has 2 N–H and O–H groups in total. The predicted octanol–water partition coefficient (Wildman–Crippen LogP) is 3.73. The van der Waals surface area contributed by atoms with Crippen molar-refractivity contribution in [2.45, 2.75) is 34.1 Å². The molecule has 0 saturated heterocycles. The number of nitrogens with one attached hydrogen (secondary N) is 2. The van der Waals surface area contributed by atoms with Crippen LogP contribution in [0, 0.1) is 27.7 Å². The molecule has 3 aromatic rings. The number of H-pyrrole nitrogens is 1. The molecule has 0 aliphatic rings. The maximum Gasteiger partial charge on any atom is 0.251 e. The number of pyridine rings is 1. The summed E-state index contributed by atoms with van der Waals surface area (Å²) in [6.45, 7) is 8.45. The summed E-state index contributed by atoms with van der Waals surface area (Å²) >= 11 is 0. The summed E-state index contributed by atoms with van der Waals surface area (Å²) < 4.78 is 0. The molecule has 0 radical (unpaired) electrons. The monoisotopic (exact) mass is 348 g/mol. The number of aromatic nitrogens is 1. The smallest absolute Gasteiger partial charge is 0.251 e. The number of hydrogen-bond acceptors (Lipinski definition) is 2. The first-order chi connectivity index (χ1) is 12.4. The van der Waals surface area contributed by atoms with Crippen molar-refractivity contribution < 1.29 is 4.79 Å². The van der Waals surface area contributed by atoms with Gasteiger partial charge in [0.15, 0.2) is 0 Å². The van der Waals surface area contributed by atoms with E-state index < -0.39 is 0 Å². The number of rotatable bonds is 4. The number of fused-ring (bicyclic) bond motifs is 1. The van der Waals surface area contributed by atoms with E-state index in [-0.39, 0.29) is 11.5 Å². The molecule has 0 fully saturated rings. The van der Waals surface area contributed by atoms with Crippen LogP contribution < -0.4 is 10.9 Å². The Bertz CT molecular complexity index is 1050. The van der Waals surface area contributed by atoms with Gasteiger partial charge in [-0.3, -0.25) is 9.59 Å². The van der Waals surface area contributed by atoms with Crippen LogP contribution in [0.2, 0.25) is 0 Å². The highest BCUT2D eigenvalue weighted by Crippen LogP contribution is 2.19. The van der Waals surface area contributed by atoms with Crippen LogP contribution in [0.4, 0.5) is 0 Å². The zero-order chi connectivity index (χ0) is 18.8. The number of aromatic amines is 1. The van der Waals surface area contributed by atoms with Crippen LogP contribution >= 0.6 is 0 Å². The van der Waals surface area contributed by atoms with Gasteiger partial charge >= 0.3 is 0 Å². The van der Waals surface area contributed by atoms with Gasteiger partial charge in [0.05, 0.1) is 5.52 Å². The Kier molecular flexibility index (Phi) is 4.94. The second-order valence-electron chi connectivity index (χ2n) is 6.92. The maximum absolute atomic E-state index is 12.4. The van der Waals surface area contributed by atoms with E-state index in [0.29, 0.717) is 24.1 Å².